The average Bonchev–Trinajstić information content (AvgIpc) is 2.74. The van der Waals surface area contributed by atoms with E-state index in [9.17, 15) is 0 Å². The first kappa shape index (κ1) is 12.6. The summed E-state index contributed by atoms with van der Waals surface area (Å²) in [7, 11) is 0. The Bertz CT molecular complexity index is 387. The van der Waals surface area contributed by atoms with Crippen LogP contribution in [-0.2, 0) is 0 Å². The summed E-state index contributed by atoms with van der Waals surface area (Å²) >= 11 is 8.43. The molecule has 4 heteroatoms. The van der Waals surface area contributed by atoms with Crippen molar-refractivity contribution in [2.75, 3.05) is 0 Å². The van der Waals surface area contributed by atoms with Crippen molar-refractivity contribution in [1.29, 1.82) is 0 Å². The Morgan fingerprint density at radius 2 is 1.88 bits per heavy atom. The van der Waals surface area contributed by atoms with Crippen molar-refractivity contribution in [1.82, 2.24) is 9.97 Å². The van der Waals surface area contributed by atoms with Gasteiger partial charge in [-0.3, -0.25) is 0 Å². The molecule has 1 fully saturated rings. The van der Waals surface area contributed by atoms with Gasteiger partial charge in [-0.1, -0.05) is 38.3 Å². The van der Waals surface area contributed by atoms with Gasteiger partial charge in [-0.2, -0.15) is 0 Å². The Hall–Kier alpha value is 0.100. The molecule has 0 atom stereocenters. The third-order valence-electron chi connectivity index (χ3n) is 3.12. The van der Waals surface area contributed by atoms with Gasteiger partial charge in [0, 0.05) is 5.92 Å². The molecule has 0 unspecified atom stereocenters. The van der Waals surface area contributed by atoms with Crippen molar-refractivity contribution < 1.29 is 0 Å². The highest BCUT2D eigenvalue weighted by Crippen LogP contribution is 2.34. The average molecular weight is 351 g/mol. The summed E-state index contributed by atoms with van der Waals surface area (Å²) in [6.07, 6.45) is 5.03. The van der Waals surface area contributed by atoms with Gasteiger partial charge in [0.15, 0.2) is 0 Å². The van der Waals surface area contributed by atoms with Crippen LogP contribution in [0.4, 0.5) is 0 Å². The van der Waals surface area contributed by atoms with Crippen molar-refractivity contribution in [3.63, 3.8) is 0 Å². The molecule has 2 nitrogen and oxygen atoms in total. The molecule has 0 aromatic carbocycles. The van der Waals surface area contributed by atoms with Crippen LogP contribution in [0, 0.1) is 3.57 Å². The molecule has 88 valence electrons. The summed E-state index contributed by atoms with van der Waals surface area (Å²) in [5, 5.41) is 0.626. The lowest BCUT2D eigenvalue weighted by atomic mass is 10.1. The maximum atomic E-state index is 6.18. The van der Waals surface area contributed by atoms with Gasteiger partial charge in [-0.05, 0) is 41.4 Å². The van der Waals surface area contributed by atoms with Gasteiger partial charge in [0.2, 0.25) is 0 Å². The third-order valence-corrected chi connectivity index (χ3v) is 4.78. The number of halogens is 2. The molecule has 0 radical (unpaired) electrons. The zero-order valence-electron chi connectivity index (χ0n) is 9.63. The maximum Gasteiger partial charge on any atom is 0.146 e. The van der Waals surface area contributed by atoms with Crippen LogP contribution >= 0.6 is 34.2 Å². The minimum absolute atomic E-state index is 0.410. The standard InChI is InChI=1S/C12H16ClIN2/c1-7(2)10-9(14)11(13)16-12(15-10)8-5-3-4-6-8/h7-8H,3-6H2,1-2H3. The Balaban J connectivity index is 2.39. The van der Waals surface area contributed by atoms with Gasteiger partial charge >= 0.3 is 0 Å². The number of rotatable bonds is 2. The van der Waals surface area contributed by atoms with Crippen LogP contribution in [0.3, 0.4) is 0 Å². The quantitative estimate of drug-likeness (QED) is 0.579. The number of hydrogen-bond donors (Lipinski definition) is 0. The first-order valence-electron chi connectivity index (χ1n) is 5.82. The molecule has 16 heavy (non-hydrogen) atoms. The molecule has 1 aromatic rings. The molecule has 1 heterocycles. The van der Waals surface area contributed by atoms with E-state index in [2.05, 4.69) is 41.4 Å². The molecule has 0 amide bonds. The van der Waals surface area contributed by atoms with Crippen molar-refractivity contribution in [3.8, 4) is 0 Å². The second kappa shape index (κ2) is 5.17. The van der Waals surface area contributed by atoms with E-state index in [-0.39, 0.29) is 0 Å². The van der Waals surface area contributed by atoms with E-state index in [1.807, 2.05) is 0 Å². The SMILES string of the molecule is CC(C)c1nc(C2CCCC2)nc(Cl)c1I. The lowest BCUT2D eigenvalue weighted by Crippen LogP contribution is -2.07. The van der Waals surface area contributed by atoms with Gasteiger partial charge in [0.25, 0.3) is 0 Å². The number of nitrogens with zero attached hydrogens (tertiary/aromatic N) is 2. The van der Waals surface area contributed by atoms with Crippen LogP contribution in [0.25, 0.3) is 0 Å². The van der Waals surface area contributed by atoms with E-state index >= 15 is 0 Å². The van der Waals surface area contributed by atoms with Crippen molar-refractivity contribution >= 4 is 34.2 Å². The van der Waals surface area contributed by atoms with Crippen molar-refractivity contribution in [2.24, 2.45) is 0 Å². The van der Waals surface area contributed by atoms with Crippen LogP contribution in [-0.4, -0.2) is 9.97 Å². The van der Waals surface area contributed by atoms with Crippen LogP contribution in [0.2, 0.25) is 5.15 Å². The minimum atomic E-state index is 0.410. The normalized spacial score (nSPS) is 17.3. The Kier molecular flexibility index (Phi) is 4.06. The summed E-state index contributed by atoms with van der Waals surface area (Å²) in [5.41, 5.74) is 1.10. The highest BCUT2D eigenvalue weighted by atomic mass is 127. The molecule has 1 aliphatic rings. The van der Waals surface area contributed by atoms with E-state index in [0.717, 1.165) is 15.1 Å². The minimum Gasteiger partial charge on any atom is -0.236 e. The summed E-state index contributed by atoms with van der Waals surface area (Å²) in [5.74, 6) is 1.91. The summed E-state index contributed by atoms with van der Waals surface area (Å²) < 4.78 is 1.01. The first-order chi connectivity index (χ1) is 7.59. The van der Waals surface area contributed by atoms with Crippen LogP contribution in [0.5, 0.6) is 0 Å². The zero-order chi connectivity index (χ0) is 11.7. The van der Waals surface area contributed by atoms with Crippen LogP contribution < -0.4 is 0 Å². The zero-order valence-corrected chi connectivity index (χ0v) is 12.5. The molecule has 0 spiro atoms. The van der Waals surface area contributed by atoms with E-state index < -0.39 is 0 Å². The molecular weight excluding hydrogens is 335 g/mol. The van der Waals surface area contributed by atoms with Gasteiger partial charge in [-0.25, -0.2) is 9.97 Å². The molecule has 0 bridgehead atoms. The lowest BCUT2D eigenvalue weighted by molar-refractivity contribution is 0.650. The van der Waals surface area contributed by atoms with Gasteiger partial charge in [0.05, 0.1) is 9.26 Å². The molecule has 1 aromatic heterocycles. The van der Waals surface area contributed by atoms with Gasteiger partial charge < -0.3 is 0 Å². The van der Waals surface area contributed by atoms with E-state index in [0.29, 0.717) is 17.0 Å². The predicted molar refractivity (Wildman–Crippen MR) is 75.1 cm³/mol. The van der Waals surface area contributed by atoms with E-state index in [4.69, 9.17) is 16.6 Å². The second-order valence-electron chi connectivity index (χ2n) is 4.71. The van der Waals surface area contributed by atoms with Crippen LogP contribution in [0.15, 0.2) is 0 Å². The smallest absolute Gasteiger partial charge is 0.146 e. The number of aromatic nitrogens is 2. The summed E-state index contributed by atoms with van der Waals surface area (Å²) in [6, 6.07) is 0. The fraction of sp³-hybridized carbons (Fsp3) is 0.667. The Morgan fingerprint density at radius 1 is 1.25 bits per heavy atom. The van der Waals surface area contributed by atoms with Gasteiger partial charge in [-0.15, -0.1) is 0 Å². The summed E-state index contributed by atoms with van der Waals surface area (Å²) in [4.78, 5) is 9.16. The molecule has 1 saturated carbocycles. The fourth-order valence-corrected chi connectivity index (χ4v) is 3.25. The highest BCUT2D eigenvalue weighted by Gasteiger charge is 2.22. The molecule has 1 aliphatic carbocycles. The first-order valence-corrected chi connectivity index (χ1v) is 7.28. The lowest BCUT2D eigenvalue weighted by Gasteiger charge is -2.14. The highest BCUT2D eigenvalue weighted by molar-refractivity contribution is 14.1. The Morgan fingerprint density at radius 3 is 2.44 bits per heavy atom. The van der Waals surface area contributed by atoms with Crippen LogP contribution in [0.1, 0.15) is 62.9 Å². The second-order valence-corrected chi connectivity index (χ2v) is 6.14. The molecular formula is C12H16ClIN2. The van der Waals surface area contributed by atoms with E-state index in [1.165, 1.54) is 25.7 Å². The topological polar surface area (TPSA) is 25.8 Å². The summed E-state index contributed by atoms with van der Waals surface area (Å²) in [6.45, 7) is 4.30. The van der Waals surface area contributed by atoms with Crippen molar-refractivity contribution in [3.05, 3.63) is 20.2 Å². The maximum absolute atomic E-state index is 6.18. The number of hydrogen-bond acceptors (Lipinski definition) is 2. The molecule has 0 N–H and O–H groups in total. The van der Waals surface area contributed by atoms with E-state index in [1.54, 1.807) is 0 Å². The van der Waals surface area contributed by atoms with Gasteiger partial charge in [0.1, 0.15) is 11.0 Å². The molecule has 0 saturated heterocycles. The Labute approximate surface area is 115 Å². The monoisotopic (exact) mass is 350 g/mol. The van der Waals surface area contributed by atoms with Crippen molar-refractivity contribution in [2.45, 2.75) is 51.4 Å². The predicted octanol–water partition coefficient (Wildman–Crippen LogP) is 4.52. The third kappa shape index (κ3) is 2.50. The molecule has 0 aliphatic heterocycles. The molecule has 2 rings (SSSR count). The fourth-order valence-electron chi connectivity index (χ4n) is 2.20. The largest absolute Gasteiger partial charge is 0.236 e.